The van der Waals surface area contributed by atoms with Gasteiger partial charge in [0.1, 0.15) is 17.5 Å². The first-order valence-corrected chi connectivity index (χ1v) is 10.7. The molecule has 3 atom stereocenters. The quantitative estimate of drug-likeness (QED) is 0.679. The number of para-hydroxylation sites is 1. The van der Waals surface area contributed by atoms with Crippen LogP contribution in [-0.4, -0.2) is 35.2 Å². The minimum atomic E-state index is -0.150. The van der Waals surface area contributed by atoms with E-state index in [0.29, 0.717) is 34.2 Å². The molecule has 7 heteroatoms. The normalized spacial score (nSPS) is 25.7. The number of aromatic nitrogens is 1. The van der Waals surface area contributed by atoms with Gasteiger partial charge < -0.3 is 14.5 Å². The van der Waals surface area contributed by atoms with Crippen molar-refractivity contribution in [3.63, 3.8) is 0 Å². The van der Waals surface area contributed by atoms with Crippen LogP contribution in [-0.2, 0) is 4.79 Å². The number of hydrazine groups is 1. The summed E-state index contributed by atoms with van der Waals surface area (Å²) in [5, 5.41) is 5.33. The summed E-state index contributed by atoms with van der Waals surface area (Å²) in [5.41, 5.74) is 7.19. The van der Waals surface area contributed by atoms with Gasteiger partial charge >= 0.3 is 0 Å². The van der Waals surface area contributed by atoms with Gasteiger partial charge in [0.2, 0.25) is 5.89 Å². The molecule has 1 aromatic heterocycles. The second-order valence-corrected chi connectivity index (χ2v) is 8.52. The van der Waals surface area contributed by atoms with Gasteiger partial charge in [-0.3, -0.25) is 9.80 Å². The van der Waals surface area contributed by atoms with Crippen molar-refractivity contribution in [3.8, 4) is 5.75 Å². The van der Waals surface area contributed by atoms with Crippen molar-refractivity contribution in [1.29, 1.82) is 0 Å². The summed E-state index contributed by atoms with van der Waals surface area (Å²) in [6, 6.07) is 16.2. The van der Waals surface area contributed by atoms with Gasteiger partial charge in [-0.05, 0) is 43.4 Å². The number of ether oxygens (including phenoxy) is 1. The van der Waals surface area contributed by atoms with Crippen molar-refractivity contribution in [1.82, 2.24) is 20.7 Å². The molecule has 3 aliphatic rings. The summed E-state index contributed by atoms with van der Waals surface area (Å²) in [6.45, 7) is 1.92. The van der Waals surface area contributed by atoms with Crippen LogP contribution < -0.4 is 15.5 Å². The maximum Gasteiger partial charge on any atom is 0.277 e. The molecule has 3 aromatic rings. The number of hydrogen-bond donors (Lipinski definition) is 2. The third-order valence-electron chi connectivity index (χ3n) is 6.60. The highest BCUT2D eigenvalue weighted by Crippen LogP contribution is 2.46. The lowest BCUT2D eigenvalue weighted by atomic mass is 9.87. The Morgan fingerprint density at radius 1 is 1.13 bits per heavy atom. The largest absolute Gasteiger partial charge is 0.494 e. The average Bonchev–Trinajstić information content (AvgIpc) is 3.42. The van der Waals surface area contributed by atoms with E-state index in [-0.39, 0.29) is 24.0 Å². The highest BCUT2D eigenvalue weighted by Gasteiger charge is 2.53. The van der Waals surface area contributed by atoms with Crippen LogP contribution in [0, 0.1) is 5.92 Å². The third kappa shape index (κ3) is 2.84. The number of fused-ring (bicyclic) bond motifs is 2. The highest BCUT2D eigenvalue weighted by atomic mass is 16.5. The molecule has 2 aliphatic heterocycles. The van der Waals surface area contributed by atoms with Crippen LogP contribution in [0.2, 0.25) is 0 Å². The molecule has 2 aromatic carbocycles. The lowest BCUT2D eigenvalue weighted by molar-refractivity contribution is -0.130. The van der Waals surface area contributed by atoms with Crippen molar-refractivity contribution in [2.24, 2.45) is 5.92 Å². The van der Waals surface area contributed by atoms with E-state index in [1.165, 1.54) is 18.4 Å². The van der Waals surface area contributed by atoms with E-state index < -0.39 is 0 Å². The number of methoxy groups -OCH3 is 1. The molecule has 1 aliphatic carbocycles. The van der Waals surface area contributed by atoms with E-state index in [2.05, 4.69) is 40.0 Å². The zero-order valence-corrected chi connectivity index (χ0v) is 17.5. The maximum atomic E-state index is 13.6. The Hall–Kier alpha value is -3.32. The summed E-state index contributed by atoms with van der Waals surface area (Å²) in [7, 11) is 1.60. The Labute approximate surface area is 180 Å². The summed E-state index contributed by atoms with van der Waals surface area (Å²) in [5.74, 6) is 1.58. The molecule has 6 rings (SSSR count). The minimum Gasteiger partial charge on any atom is -0.494 e. The van der Waals surface area contributed by atoms with Crippen LogP contribution in [0.1, 0.15) is 37.1 Å². The van der Waals surface area contributed by atoms with E-state index in [0.717, 1.165) is 5.70 Å². The van der Waals surface area contributed by atoms with Gasteiger partial charge in [-0.2, -0.15) is 0 Å². The number of allylic oxidation sites excluding steroid dienone is 1. The molecule has 0 radical (unpaired) electrons. The van der Waals surface area contributed by atoms with Crippen LogP contribution in [0.4, 0.5) is 0 Å². The fourth-order valence-electron chi connectivity index (χ4n) is 4.96. The number of amides is 1. The molecule has 2 fully saturated rings. The number of carbonyl (C=O) groups is 1. The van der Waals surface area contributed by atoms with Gasteiger partial charge in [0.25, 0.3) is 5.91 Å². The van der Waals surface area contributed by atoms with E-state index in [9.17, 15) is 4.79 Å². The molecule has 1 saturated heterocycles. The van der Waals surface area contributed by atoms with Crippen molar-refractivity contribution < 1.29 is 13.9 Å². The second-order valence-electron chi connectivity index (χ2n) is 8.52. The molecule has 0 bridgehead atoms. The van der Waals surface area contributed by atoms with E-state index in [1.54, 1.807) is 12.1 Å². The van der Waals surface area contributed by atoms with Gasteiger partial charge in [-0.25, -0.2) is 10.4 Å². The predicted molar refractivity (Wildman–Crippen MR) is 116 cm³/mol. The molecule has 1 amide bonds. The van der Waals surface area contributed by atoms with Crippen LogP contribution in [0.3, 0.4) is 0 Å². The smallest absolute Gasteiger partial charge is 0.277 e. The van der Waals surface area contributed by atoms with Gasteiger partial charge in [0, 0.05) is 17.7 Å². The molecule has 7 nitrogen and oxygen atoms in total. The standard InChI is InChI=1S/C24H24N4O3/c1-13-18(23-26-21-16(30-2)9-6-10-17(21)31-23)24(29)28-22(25-13)19(14-7-4-3-5-8-14)20(27-28)15-11-12-15/h3-10,15,19-20,22,25,27H,11-12H2,1-2H3. The summed E-state index contributed by atoms with van der Waals surface area (Å²) in [6.07, 6.45) is 2.24. The van der Waals surface area contributed by atoms with Gasteiger partial charge in [-0.1, -0.05) is 36.4 Å². The molecule has 3 heterocycles. The van der Waals surface area contributed by atoms with Crippen molar-refractivity contribution in [2.75, 3.05) is 7.11 Å². The Morgan fingerprint density at radius 2 is 1.94 bits per heavy atom. The van der Waals surface area contributed by atoms with Gasteiger partial charge in [-0.15, -0.1) is 0 Å². The Kier molecular flexibility index (Phi) is 4.08. The number of nitrogens with one attached hydrogen (secondary N) is 2. The molecule has 2 N–H and O–H groups in total. The molecule has 1 saturated carbocycles. The highest BCUT2D eigenvalue weighted by molar-refractivity contribution is 6.20. The predicted octanol–water partition coefficient (Wildman–Crippen LogP) is 3.41. The zero-order chi connectivity index (χ0) is 21.1. The summed E-state index contributed by atoms with van der Waals surface area (Å²) < 4.78 is 11.4. The number of hydrogen-bond acceptors (Lipinski definition) is 6. The molecular weight excluding hydrogens is 392 g/mol. The number of benzene rings is 2. The van der Waals surface area contributed by atoms with Crippen molar-refractivity contribution in [3.05, 3.63) is 65.7 Å². The first-order valence-electron chi connectivity index (χ1n) is 10.7. The molecular formula is C24H24N4O3. The third-order valence-corrected chi connectivity index (χ3v) is 6.60. The molecule has 31 heavy (non-hydrogen) atoms. The lowest BCUT2D eigenvalue weighted by Crippen LogP contribution is -2.54. The van der Waals surface area contributed by atoms with Crippen LogP contribution in [0.15, 0.2) is 58.6 Å². The van der Waals surface area contributed by atoms with Crippen molar-refractivity contribution in [2.45, 2.75) is 37.9 Å². The Bertz CT molecular complexity index is 1200. The van der Waals surface area contributed by atoms with Gasteiger partial charge in [0.05, 0.1) is 7.11 Å². The number of carbonyl (C=O) groups excluding carboxylic acids is 1. The molecule has 0 spiro atoms. The van der Waals surface area contributed by atoms with Crippen LogP contribution in [0.25, 0.3) is 16.7 Å². The SMILES string of the molecule is COc1cccc2oc(C3=C(C)NC4C(c5ccccc5)C(C5CC5)NN4C3=O)nc12. The lowest BCUT2D eigenvalue weighted by Gasteiger charge is -2.34. The fraction of sp³-hybridized carbons (Fsp3) is 0.333. The van der Waals surface area contributed by atoms with Crippen LogP contribution in [0.5, 0.6) is 5.75 Å². The number of oxazole rings is 1. The Morgan fingerprint density at radius 3 is 2.68 bits per heavy atom. The van der Waals surface area contributed by atoms with E-state index >= 15 is 0 Å². The average molecular weight is 416 g/mol. The maximum absolute atomic E-state index is 13.6. The topological polar surface area (TPSA) is 79.6 Å². The monoisotopic (exact) mass is 416 g/mol. The summed E-state index contributed by atoms with van der Waals surface area (Å²) in [4.78, 5) is 18.2. The first-order chi connectivity index (χ1) is 15.2. The van der Waals surface area contributed by atoms with Crippen LogP contribution >= 0.6 is 0 Å². The van der Waals surface area contributed by atoms with Gasteiger partial charge in [0.15, 0.2) is 11.1 Å². The second kappa shape index (κ2) is 6.85. The first kappa shape index (κ1) is 18.4. The van der Waals surface area contributed by atoms with Crippen molar-refractivity contribution >= 4 is 22.6 Å². The fourth-order valence-corrected chi connectivity index (χ4v) is 4.96. The Balaban J connectivity index is 1.41. The minimum absolute atomic E-state index is 0.115. The molecule has 158 valence electrons. The summed E-state index contributed by atoms with van der Waals surface area (Å²) >= 11 is 0. The van der Waals surface area contributed by atoms with E-state index in [4.69, 9.17) is 9.15 Å². The number of nitrogens with zero attached hydrogens (tertiary/aromatic N) is 2. The van der Waals surface area contributed by atoms with E-state index in [1.807, 2.05) is 31.2 Å². The zero-order valence-electron chi connectivity index (χ0n) is 17.5. The number of rotatable bonds is 4. The molecule has 3 unspecified atom stereocenters.